The number of rotatable bonds is 6. The molecule has 0 spiro atoms. The van der Waals surface area contributed by atoms with E-state index in [9.17, 15) is 13.9 Å². The second-order valence-electron chi connectivity index (χ2n) is 3.98. The highest BCUT2D eigenvalue weighted by Crippen LogP contribution is 2.17. The molecule has 5 nitrogen and oxygen atoms in total. The average Bonchev–Trinajstić information content (AvgIpc) is 2.87. The van der Waals surface area contributed by atoms with Gasteiger partial charge in [0.05, 0.1) is 6.10 Å². The van der Waals surface area contributed by atoms with Gasteiger partial charge in [0, 0.05) is 31.1 Å². The summed E-state index contributed by atoms with van der Waals surface area (Å²) < 4.78 is 30.7. The average molecular weight is 269 g/mol. The fourth-order valence-corrected chi connectivity index (χ4v) is 1.62. The number of halogens is 2. The minimum absolute atomic E-state index is 0.0634. The second kappa shape index (κ2) is 6.35. The SMILES string of the molecule is OC(CNCCc1ncon1)c1ccc(F)cc1F. The molecule has 2 rings (SSSR count). The largest absolute Gasteiger partial charge is 0.387 e. The third-order valence-corrected chi connectivity index (χ3v) is 2.59. The van der Waals surface area contributed by atoms with Gasteiger partial charge in [0.15, 0.2) is 5.82 Å². The maximum absolute atomic E-state index is 13.4. The smallest absolute Gasteiger partial charge is 0.213 e. The summed E-state index contributed by atoms with van der Waals surface area (Å²) in [5.74, 6) is -0.874. The molecule has 2 N–H and O–H groups in total. The van der Waals surface area contributed by atoms with Gasteiger partial charge in [-0.25, -0.2) is 8.78 Å². The van der Waals surface area contributed by atoms with Crippen molar-refractivity contribution < 1.29 is 18.4 Å². The Hall–Kier alpha value is -1.86. The highest BCUT2D eigenvalue weighted by atomic mass is 19.1. The van der Waals surface area contributed by atoms with Crippen molar-refractivity contribution in [1.29, 1.82) is 0 Å². The fraction of sp³-hybridized carbons (Fsp3) is 0.333. The molecule has 2 aromatic rings. The van der Waals surface area contributed by atoms with E-state index in [0.717, 1.165) is 12.1 Å². The third kappa shape index (κ3) is 3.80. The first kappa shape index (κ1) is 13.6. The van der Waals surface area contributed by atoms with Gasteiger partial charge in [-0.2, -0.15) is 4.98 Å². The standard InChI is InChI=1S/C12H13F2N3O2/c13-8-1-2-9(10(14)5-8)11(18)6-15-4-3-12-16-7-19-17-12/h1-2,5,7,11,15,18H,3-4,6H2. The molecule has 0 aliphatic heterocycles. The predicted molar refractivity (Wildman–Crippen MR) is 62.2 cm³/mol. The summed E-state index contributed by atoms with van der Waals surface area (Å²) in [4.78, 5) is 3.83. The maximum Gasteiger partial charge on any atom is 0.213 e. The van der Waals surface area contributed by atoms with Crippen molar-refractivity contribution in [1.82, 2.24) is 15.5 Å². The van der Waals surface area contributed by atoms with Crippen molar-refractivity contribution in [2.75, 3.05) is 13.1 Å². The number of hydrogen-bond donors (Lipinski definition) is 2. The van der Waals surface area contributed by atoms with Crippen molar-refractivity contribution >= 4 is 0 Å². The molecule has 0 fully saturated rings. The molecule has 102 valence electrons. The van der Waals surface area contributed by atoms with E-state index in [2.05, 4.69) is 20.0 Å². The van der Waals surface area contributed by atoms with Gasteiger partial charge in [0.2, 0.25) is 6.39 Å². The Morgan fingerprint density at radius 2 is 2.21 bits per heavy atom. The Morgan fingerprint density at radius 3 is 2.89 bits per heavy atom. The summed E-state index contributed by atoms with van der Waals surface area (Å²) in [5, 5.41) is 16.3. The van der Waals surface area contributed by atoms with Gasteiger partial charge in [-0.05, 0) is 6.07 Å². The van der Waals surface area contributed by atoms with Gasteiger partial charge in [-0.1, -0.05) is 11.2 Å². The lowest BCUT2D eigenvalue weighted by Crippen LogP contribution is -2.24. The quantitative estimate of drug-likeness (QED) is 0.771. The van der Waals surface area contributed by atoms with Gasteiger partial charge in [0.1, 0.15) is 11.6 Å². The highest BCUT2D eigenvalue weighted by Gasteiger charge is 2.13. The van der Waals surface area contributed by atoms with Crippen LogP contribution in [0.3, 0.4) is 0 Å². The molecule has 0 amide bonds. The highest BCUT2D eigenvalue weighted by molar-refractivity contribution is 5.21. The number of benzene rings is 1. The molecule has 0 aliphatic rings. The Morgan fingerprint density at radius 1 is 1.37 bits per heavy atom. The minimum Gasteiger partial charge on any atom is -0.387 e. The van der Waals surface area contributed by atoms with Crippen molar-refractivity contribution in [3.8, 4) is 0 Å². The number of nitrogens with one attached hydrogen (secondary N) is 1. The molecule has 1 aromatic heterocycles. The zero-order valence-electron chi connectivity index (χ0n) is 10.0. The lowest BCUT2D eigenvalue weighted by molar-refractivity contribution is 0.170. The number of aromatic nitrogens is 2. The summed E-state index contributed by atoms with van der Waals surface area (Å²) in [5.41, 5.74) is 0.0634. The molecular weight excluding hydrogens is 256 g/mol. The van der Waals surface area contributed by atoms with Crippen LogP contribution in [0.15, 0.2) is 29.1 Å². The van der Waals surface area contributed by atoms with Crippen LogP contribution < -0.4 is 5.32 Å². The second-order valence-corrected chi connectivity index (χ2v) is 3.98. The molecule has 0 saturated heterocycles. The first-order valence-corrected chi connectivity index (χ1v) is 5.76. The Kier molecular flexibility index (Phi) is 4.53. The van der Waals surface area contributed by atoms with Crippen LogP contribution in [-0.4, -0.2) is 28.3 Å². The summed E-state index contributed by atoms with van der Waals surface area (Å²) in [6.45, 7) is 0.666. The number of nitrogens with zero attached hydrogens (tertiary/aromatic N) is 2. The molecule has 1 aromatic carbocycles. The first-order valence-electron chi connectivity index (χ1n) is 5.76. The minimum atomic E-state index is -1.04. The molecule has 7 heteroatoms. The lowest BCUT2D eigenvalue weighted by Gasteiger charge is -2.12. The van der Waals surface area contributed by atoms with E-state index in [4.69, 9.17) is 0 Å². The van der Waals surface area contributed by atoms with Crippen molar-refractivity contribution in [3.05, 3.63) is 47.6 Å². The molecule has 1 unspecified atom stereocenters. The maximum atomic E-state index is 13.4. The summed E-state index contributed by atoms with van der Waals surface area (Å²) in [6.07, 6.45) is 0.735. The monoisotopic (exact) mass is 269 g/mol. The molecular formula is C12H13F2N3O2. The van der Waals surface area contributed by atoms with Gasteiger partial charge >= 0.3 is 0 Å². The van der Waals surface area contributed by atoms with Gasteiger partial charge in [0.25, 0.3) is 0 Å². The van der Waals surface area contributed by atoms with Crippen LogP contribution in [0.1, 0.15) is 17.5 Å². The molecule has 0 saturated carbocycles. The van der Waals surface area contributed by atoms with Gasteiger partial charge < -0.3 is 14.9 Å². The number of aliphatic hydroxyl groups excluding tert-OH is 1. The van der Waals surface area contributed by atoms with Crippen molar-refractivity contribution in [2.24, 2.45) is 0 Å². The van der Waals surface area contributed by atoms with E-state index in [1.165, 1.54) is 12.5 Å². The normalized spacial score (nSPS) is 12.6. The fourth-order valence-electron chi connectivity index (χ4n) is 1.62. The summed E-state index contributed by atoms with van der Waals surface area (Å²) >= 11 is 0. The third-order valence-electron chi connectivity index (χ3n) is 2.59. The van der Waals surface area contributed by atoms with Crippen LogP contribution >= 0.6 is 0 Å². The van der Waals surface area contributed by atoms with Crippen molar-refractivity contribution in [3.63, 3.8) is 0 Å². The predicted octanol–water partition coefficient (Wildman–Crippen LogP) is 1.21. The van der Waals surface area contributed by atoms with E-state index in [-0.39, 0.29) is 12.1 Å². The molecule has 0 bridgehead atoms. The Bertz CT molecular complexity index is 520. The van der Waals surface area contributed by atoms with E-state index < -0.39 is 17.7 Å². The first-order chi connectivity index (χ1) is 9.16. The molecule has 1 heterocycles. The van der Waals surface area contributed by atoms with Crippen LogP contribution in [0.4, 0.5) is 8.78 Å². The Labute approximate surface area is 108 Å². The van der Waals surface area contributed by atoms with Crippen LogP contribution in [0.2, 0.25) is 0 Å². The van der Waals surface area contributed by atoms with Crippen LogP contribution in [0.5, 0.6) is 0 Å². The molecule has 19 heavy (non-hydrogen) atoms. The van der Waals surface area contributed by atoms with E-state index in [0.29, 0.717) is 18.8 Å². The molecule has 1 atom stereocenters. The van der Waals surface area contributed by atoms with E-state index in [1.54, 1.807) is 0 Å². The molecule has 0 radical (unpaired) electrons. The van der Waals surface area contributed by atoms with Crippen LogP contribution in [0.25, 0.3) is 0 Å². The van der Waals surface area contributed by atoms with E-state index >= 15 is 0 Å². The summed E-state index contributed by atoms with van der Waals surface area (Å²) in [6, 6.07) is 3.09. The van der Waals surface area contributed by atoms with Gasteiger partial charge in [-0.15, -0.1) is 0 Å². The number of hydrogen-bond acceptors (Lipinski definition) is 5. The summed E-state index contributed by atoms with van der Waals surface area (Å²) in [7, 11) is 0. The lowest BCUT2D eigenvalue weighted by atomic mass is 10.1. The Balaban J connectivity index is 1.79. The van der Waals surface area contributed by atoms with Crippen molar-refractivity contribution in [2.45, 2.75) is 12.5 Å². The van der Waals surface area contributed by atoms with Crippen LogP contribution in [-0.2, 0) is 6.42 Å². The number of aliphatic hydroxyl groups is 1. The topological polar surface area (TPSA) is 71.2 Å². The molecule has 0 aliphatic carbocycles. The zero-order chi connectivity index (χ0) is 13.7. The van der Waals surface area contributed by atoms with Crippen LogP contribution in [0, 0.1) is 11.6 Å². The van der Waals surface area contributed by atoms with Gasteiger partial charge in [-0.3, -0.25) is 0 Å². The zero-order valence-corrected chi connectivity index (χ0v) is 10.0. The van der Waals surface area contributed by atoms with E-state index in [1.807, 2.05) is 0 Å².